The van der Waals surface area contributed by atoms with Crippen LogP contribution in [0.1, 0.15) is 46.5 Å². The van der Waals surface area contributed by atoms with Crippen molar-refractivity contribution in [3.63, 3.8) is 0 Å². The van der Waals surface area contributed by atoms with Gasteiger partial charge in [-0.3, -0.25) is 0 Å². The van der Waals surface area contributed by atoms with E-state index in [2.05, 4.69) is 4.72 Å². The van der Waals surface area contributed by atoms with E-state index in [0.717, 1.165) is 0 Å². The Kier molecular flexibility index (Phi) is 4.68. The summed E-state index contributed by atoms with van der Waals surface area (Å²) in [5, 5.41) is 8.82. The zero-order valence-corrected chi connectivity index (χ0v) is 12.1. The topological polar surface area (TPSA) is 52.9 Å². The van der Waals surface area contributed by atoms with Crippen LogP contribution in [0, 0.1) is 16.7 Å². The molecule has 1 rings (SSSR count). The van der Waals surface area contributed by atoms with E-state index in [-0.39, 0.29) is 31.7 Å². The summed E-state index contributed by atoms with van der Waals surface area (Å²) < 4.78 is 52.9. The molecular weight excluding hydrogens is 277 g/mol. The van der Waals surface area contributed by atoms with Gasteiger partial charge in [0, 0.05) is 6.04 Å². The quantitative estimate of drug-likeness (QED) is 0.851. The maximum atomic E-state index is 12.9. The van der Waals surface area contributed by atoms with E-state index in [0.29, 0.717) is 0 Å². The van der Waals surface area contributed by atoms with E-state index in [9.17, 15) is 17.4 Å². The van der Waals surface area contributed by atoms with E-state index in [4.69, 9.17) is 5.26 Å². The van der Waals surface area contributed by atoms with Gasteiger partial charge in [-0.2, -0.15) is 18.4 Å². The number of rotatable bonds is 2. The molecule has 1 aliphatic carbocycles. The van der Waals surface area contributed by atoms with Crippen molar-refractivity contribution in [1.82, 2.24) is 4.72 Å². The van der Waals surface area contributed by atoms with Crippen LogP contribution in [0.25, 0.3) is 0 Å². The summed E-state index contributed by atoms with van der Waals surface area (Å²) in [6.07, 6.45) is -4.52. The van der Waals surface area contributed by atoms with Crippen molar-refractivity contribution in [2.24, 2.45) is 5.41 Å². The van der Waals surface area contributed by atoms with E-state index in [1.807, 2.05) is 0 Å². The molecule has 0 amide bonds. The molecule has 0 aromatic carbocycles. The molecular formula is C12H19F3N2OS. The highest BCUT2D eigenvalue weighted by Gasteiger charge is 2.56. The van der Waals surface area contributed by atoms with Crippen LogP contribution in [0.5, 0.6) is 0 Å². The third-order valence-corrected chi connectivity index (χ3v) is 5.09. The minimum Gasteiger partial charge on any atom is -0.242 e. The summed E-state index contributed by atoms with van der Waals surface area (Å²) in [7, 11) is -1.30. The fourth-order valence-corrected chi connectivity index (χ4v) is 2.91. The van der Waals surface area contributed by atoms with Crippen molar-refractivity contribution in [3.05, 3.63) is 0 Å². The first-order chi connectivity index (χ1) is 8.52. The summed E-state index contributed by atoms with van der Waals surface area (Å²) in [4.78, 5) is 0. The van der Waals surface area contributed by atoms with Gasteiger partial charge in [0.25, 0.3) is 0 Å². The van der Waals surface area contributed by atoms with E-state index < -0.39 is 27.3 Å². The number of hydrogen-bond donors (Lipinski definition) is 1. The smallest absolute Gasteiger partial charge is 0.242 e. The second-order valence-corrected chi connectivity index (χ2v) is 7.96. The Balaban J connectivity index is 2.64. The van der Waals surface area contributed by atoms with Crippen LogP contribution in [0.15, 0.2) is 0 Å². The zero-order valence-electron chi connectivity index (χ0n) is 11.3. The van der Waals surface area contributed by atoms with Crippen LogP contribution >= 0.6 is 0 Å². The predicted octanol–water partition coefficient (Wildman–Crippen LogP) is 3.05. The van der Waals surface area contributed by atoms with E-state index >= 15 is 0 Å². The van der Waals surface area contributed by atoms with E-state index in [1.54, 1.807) is 20.8 Å². The molecule has 0 radical (unpaired) electrons. The van der Waals surface area contributed by atoms with Crippen molar-refractivity contribution in [1.29, 1.82) is 5.26 Å². The molecule has 0 bridgehead atoms. The molecule has 0 spiro atoms. The van der Waals surface area contributed by atoms with Crippen LogP contribution in [0.2, 0.25) is 0 Å². The third-order valence-electron chi connectivity index (χ3n) is 3.43. The lowest BCUT2D eigenvalue weighted by Gasteiger charge is -2.37. The van der Waals surface area contributed by atoms with Crippen molar-refractivity contribution in [3.8, 4) is 6.07 Å². The van der Waals surface area contributed by atoms with Gasteiger partial charge in [0.1, 0.15) is 0 Å². The molecule has 1 aliphatic rings. The highest BCUT2D eigenvalue weighted by Crippen LogP contribution is 2.48. The monoisotopic (exact) mass is 296 g/mol. The van der Waals surface area contributed by atoms with Crippen LogP contribution < -0.4 is 4.72 Å². The maximum absolute atomic E-state index is 12.9. The molecule has 1 unspecified atom stereocenters. The molecule has 110 valence electrons. The fraction of sp³-hybridized carbons (Fsp3) is 0.917. The van der Waals surface area contributed by atoms with Gasteiger partial charge in [-0.05, 0) is 46.5 Å². The normalized spacial score (nSPS) is 30.7. The minimum absolute atomic E-state index is 0.217. The van der Waals surface area contributed by atoms with Crippen molar-refractivity contribution < 1.29 is 17.4 Å². The molecule has 3 nitrogen and oxygen atoms in total. The molecule has 1 fully saturated rings. The molecule has 0 heterocycles. The summed E-state index contributed by atoms with van der Waals surface area (Å²) >= 11 is 0. The first-order valence-electron chi connectivity index (χ1n) is 6.18. The summed E-state index contributed by atoms with van der Waals surface area (Å²) in [6.45, 7) is 5.40. The number of nitrogens with one attached hydrogen (secondary N) is 1. The van der Waals surface area contributed by atoms with Crippen LogP contribution in [-0.4, -0.2) is 21.2 Å². The van der Waals surface area contributed by atoms with Gasteiger partial charge in [-0.1, -0.05) is 0 Å². The second kappa shape index (κ2) is 5.41. The van der Waals surface area contributed by atoms with Gasteiger partial charge in [0.15, 0.2) is 5.41 Å². The Morgan fingerprint density at radius 3 is 2.05 bits per heavy atom. The highest BCUT2D eigenvalue weighted by atomic mass is 32.2. The molecule has 0 aromatic rings. The number of hydrogen-bond acceptors (Lipinski definition) is 2. The largest absolute Gasteiger partial charge is 0.407 e. The van der Waals surface area contributed by atoms with Crippen LogP contribution in [0.4, 0.5) is 13.2 Å². The highest BCUT2D eigenvalue weighted by molar-refractivity contribution is 7.84. The minimum atomic E-state index is -4.49. The van der Waals surface area contributed by atoms with Crippen molar-refractivity contribution in [2.45, 2.75) is 63.4 Å². The van der Waals surface area contributed by atoms with Gasteiger partial charge in [-0.15, -0.1) is 0 Å². The number of alkyl halides is 3. The van der Waals surface area contributed by atoms with Crippen molar-refractivity contribution in [2.75, 3.05) is 0 Å². The van der Waals surface area contributed by atoms with Gasteiger partial charge >= 0.3 is 6.18 Å². The molecule has 0 aliphatic heterocycles. The van der Waals surface area contributed by atoms with Gasteiger partial charge in [-0.25, -0.2) is 8.93 Å². The van der Waals surface area contributed by atoms with E-state index in [1.165, 1.54) is 6.07 Å². The van der Waals surface area contributed by atoms with Gasteiger partial charge in [0.2, 0.25) is 0 Å². The lowest BCUT2D eigenvalue weighted by atomic mass is 9.73. The SMILES string of the molecule is CC(C)(C)S(=O)NC1CCC(C#N)(C(F)(F)F)CC1. The zero-order chi connectivity index (χ0) is 14.9. The van der Waals surface area contributed by atoms with Crippen molar-refractivity contribution >= 4 is 11.0 Å². The Hall–Kier alpha value is -0.610. The number of halogens is 3. The average Bonchev–Trinajstić information content (AvgIpc) is 2.27. The van der Waals surface area contributed by atoms with Gasteiger partial charge in [0.05, 0.1) is 21.8 Å². The molecule has 1 N–H and O–H groups in total. The Morgan fingerprint density at radius 2 is 1.74 bits per heavy atom. The molecule has 19 heavy (non-hydrogen) atoms. The Morgan fingerprint density at radius 1 is 1.26 bits per heavy atom. The Labute approximate surface area is 114 Å². The predicted molar refractivity (Wildman–Crippen MR) is 67.4 cm³/mol. The first kappa shape index (κ1) is 16.4. The lowest BCUT2D eigenvalue weighted by Crippen LogP contribution is -2.46. The first-order valence-corrected chi connectivity index (χ1v) is 7.33. The molecule has 7 heteroatoms. The molecule has 0 saturated heterocycles. The lowest BCUT2D eigenvalue weighted by molar-refractivity contribution is -0.212. The summed E-state index contributed by atoms with van der Waals surface area (Å²) in [6, 6.07) is 1.21. The second-order valence-electron chi connectivity index (χ2n) is 5.96. The van der Waals surface area contributed by atoms with Gasteiger partial charge < -0.3 is 0 Å². The fourth-order valence-electron chi connectivity index (χ4n) is 2.02. The van der Waals surface area contributed by atoms with Crippen LogP contribution in [0.3, 0.4) is 0 Å². The summed E-state index contributed by atoms with van der Waals surface area (Å²) in [5.74, 6) is 0. The molecule has 1 saturated carbocycles. The third kappa shape index (κ3) is 3.69. The number of nitriles is 1. The maximum Gasteiger partial charge on any atom is 0.407 e. The standard InChI is InChI=1S/C12H19F3N2OS/c1-10(2,3)19(18)17-9-4-6-11(8-16,7-5-9)12(13,14)15/h9,17H,4-7H2,1-3H3. The Bertz CT molecular complexity index is 387. The molecule has 1 atom stereocenters. The summed E-state index contributed by atoms with van der Waals surface area (Å²) in [5.41, 5.74) is -2.23. The number of nitrogens with zero attached hydrogens (tertiary/aromatic N) is 1. The molecule has 0 aromatic heterocycles. The van der Waals surface area contributed by atoms with Crippen LogP contribution in [-0.2, 0) is 11.0 Å². The average molecular weight is 296 g/mol.